The number of anilines is 2. The summed E-state index contributed by atoms with van der Waals surface area (Å²) in [5, 5.41) is 2.92. The Morgan fingerprint density at radius 1 is 1.48 bits per heavy atom. The molecule has 0 aliphatic rings. The first-order valence-electron chi connectivity index (χ1n) is 6.11. The number of esters is 1. The normalized spacial score (nSPS) is 12.0. The van der Waals surface area contributed by atoms with Crippen molar-refractivity contribution in [2.45, 2.75) is 19.4 Å². The lowest BCUT2D eigenvalue weighted by Gasteiger charge is -2.26. The zero-order valence-corrected chi connectivity index (χ0v) is 13.2. The van der Waals surface area contributed by atoms with Gasteiger partial charge in [-0.3, -0.25) is 0 Å². The van der Waals surface area contributed by atoms with E-state index in [0.29, 0.717) is 5.82 Å². The molecule has 1 aromatic rings. The number of carbonyl (C=O) groups excluding carboxylic acids is 1. The first kappa shape index (κ1) is 17.2. The number of rotatable bonds is 6. The third-order valence-corrected chi connectivity index (χ3v) is 3.48. The summed E-state index contributed by atoms with van der Waals surface area (Å²) in [6, 6.07) is 1.45. The third kappa shape index (κ3) is 5.20. The van der Waals surface area contributed by atoms with E-state index in [0.717, 1.165) is 6.26 Å². The van der Waals surface area contributed by atoms with Crippen LogP contribution in [0, 0.1) is 0 Å². The molecule has 1 rings (SSSR count). The lowest BCUT2D eigenvalue weighted by atomic mass is 10.1. The molecule has 0 saturated carbocycles. The maximum Gasteiger partial charge on any atom is 0.340 e. The van der Waals surface area contributed by atoms with Gasteiger partial charge in [0.2, 0.25) is 10.0 Å². The Bertz CT molecular complexity index is 628. The van der Waals surface area contributed by atoms with Crippen LogP contribution < -0.4 is 15.8 Å². The van der Waals surface area contributed by atoms with E-state index in [9.17, 15) is 13.2 Å². The van der Waals surface area contributed by atoms with Crippen LogP contribution in [0.3, 0.4) is 0 Å². The monoisotopic (exact) mass is 316 g/mol. The molecule has 9 heteroatoms. The third-order valence-electron chi connectivity index (χ3n) is 2.55. The van der Waals surface area contributed by atoms with Crippen molar-refractivity contribution in [1.29, 1.82) is 0 Å². The Morgan fingerprint density at radius 2 is 2.10 bits per heavy atom. The largest absolute Gasteiger partial charge is 0.465 e. The lowest BCUT2D eigenvalue weighted by Crippen LogP contribution is -2.47. The Hall–Kier alpha value is -1.87. The first-order chi connectivity index (χ1) is 9.56. The van der Waals surface area contributed by atoms with Crippen molar-refractivity contribution in [3.05, 3.63) is 17.8 Å². The summed E-state index contributed by atoms with van der Waals surface area (Å²) in [4.78, 5) is 15.6. The quantitative estimate of drug-likeness (QED) is 0.640. The second-order valence-electron chi connectivity index (χ2n) is 5.22. The summed E-state index contributed by atoms with van der Waals surface area (Å²) >= 11 is 0. The van der Waals surface area contributed by atoms with Crippen LogP contribution in [0.15, 0.2) is 12.3 Å². The van der Waals surface area contributed by atoms with Crippen LogP contribution in [-0.4, -0.2) is 44.8 Å². The molecule has 0 bridgehead atoms. The fourth-order valence-corrected chi connectivity index (χ4v) is 2.82. The molecule has 21 heavy (non-hydrogen) atoms. The summed E-state index contributed by atoms with van der Waals surface area (Å²) in [7, 11) is -2.08. The number of aromatic nitrogens is 1. The minimum atomic E-state index is -3.34. The molecule has 1 heterocycles. The summed E-state index contributed by atoms with van der Waals surface area (Å²) in [6.45, 7) is 3.66. The molecule has 8 nitrogen and oxygen atoms in total. The fraction of sp³-hybridized carbons (Fsp3) is 0.500. The summed E-state index contributed by atoms with van der Waals surface area (Å²) < 4.78 is 29.6. The Labute approximate surface area is 124 Å². The van der Waals surface area contributed by atoms with Crippen molar-refractivity contribution in [3.8, 4) is 0 Å². The number of pyridine rings is 1. The molecule has 0 fully saturated rings. The van der Waals surface area contributed by atoms with Crippen molar-refractivity contribution in [3.63, 3.8) is 0 Å². The summed E-state index contributed by atoms with van der Waals surface area (Å²) in [6.07, 6.45) is 2.50. The molecule has 0 radical (unpaired) electrons. The van der Waals surface area contributed by atoms with Crippen LogP contribution in [0.1, 0.15) is 24.2 Å². The van der Waals surface area contributed by atoms with E-state index >= 15 is 0 Å². The van der Waals surface area contributed by atoms with Gasteiger partial charge in [-0.25, -0.2) is 22.9 Å². The Kier molecular flexibility index (Phi) is 5.13. The molecule has 0 aliphatic carbocycles. The van der Waals surface area contributed by atoms with E-state index in [1.165, 1.54) is 19.4 Å². The molecular weight excluding hydrogens is 296 g/mol. The summed E-state index contributed by atoms with van der Waals surface area (Å²) in [5.41, 5.74) is 5.46. The van der Waals surface area contributed by atoms with E-state index in [1.807, 2.05) is 0 Å². The predicted octanol–water partition coefficient (Wildman–Crippen LogP) is 0.190. The highest BCUT2D eigenvalue weighted by atomic mass is 32.2. The van der Waals surface area contributed by atoms with Gasteiger partial charge >= 0.3 is 5.97 Å². The second kappa shape index (κ2) is 6.27. The lowest BCUT2D eigenvalue weighted by molar-refractivity contribution is 0.0602. The van der Waals surface area contributed by atoms with Crippen LogP contribution in [0.4, 0.5) is 11.5 Å². The maximum absolute atomic E-state index is 11.5. The minimum absolute atomic E-state index is 0.152. The van der Waals surface area contributed by atoms with Gasteiger partial charge in [0.15, 0.2) is 0 Å². The van der Waals surface area contributed by atoms with Crippen LogP contribution in [0.25, 0.3) is 0 Å². The van der Waals surface area contributed by atoms with Gasteiger partial charge in [-0.1, -0.05) is 0 Å². The van der Waals surface area contributed by atoms with E-state index in [2.05, 4.69) is 19.8 Å². The number of nitrogens with zero attached hydrogens (tertiary/aromatic N) is 1. The maximum atomic E-state index is 11.5. The van der Waals surface area contributed by atoms with E-state index in [-0.39, 0.29) is 17.8 Å². The number of hydrogen-bond acceptors (Lipinski definition) is 7. The number of carbonyl (C=O) groups is 1. The molecular formula is C12H20N4O4S. The molecule has 0 aromatic carbocycles. The van der Waals surface area contributed by atoms with E-state index in [4.69, 9.17) is 5.73 Å². The number of methoxy groups -OCH3 is 1. The highest BCUT2D eigenvalue weighted by Gasteiger charge is 2.23. The van der Waals surface area contributed by atoms with Crippen molar-refractivity contribution < 1.29 is 17.9 Å². The highest BCUT2D eigenvalue weighted by Crippen LogP contribution is 2.21. The molecule has 0 aliphatic heterocycles. The molecule has 118 valence electrons. The van der Waals surface area contributed by atoms with Crippen LogP contribution in [0.5, 0.6) is 0 Å². The molecule has 0 unspecified atom stereocenters. The fourth-order valence-electron chi connectivity index (χ4n) is 1.74. The zero-order chi connectivity index (χ0) is 16.3. The smallest absolute Gasteiger partial charge is 0.340 e. The Morgan fingerprint density at radius 3 is 2.62 bits per heavy atom. The van der Waals surface area contributed by atoms with Gasteiger partial charge in [0.1, 0.15) is 5.82 Å². The van der Waals surface area contributed by atoms with E-state index < -0.39 is 21.5 Å². The number of nitrogens with one attached hydrogen (secondary N) is 2. The van der Waals surface area contributed by atoms with Crippen molar-refractivity contribution >= 4 is 27.5 Å². The molecule has 0 spiro atoms. The number of nitrogens with two attached hydrogens (primary N) is 1. The minimum Gasteiger partial charge on any atom is -0.465 e. The number of ether oxygens (including phenoxy) is 1. The molecule has 0 atom stereocenters. The van der Waals surface area contributed by atoms with Crippen molar-refractivity contribution in [2.75, 3.05) is 31.0 Å². The molecule has 4 N–H and O–H groups in total. The van der Waals surface area contributed by atoms with Gasteiger partial charge in [-0.15, -0.1) is 0 Å². The second-order valence-corrected chi connectivity index (χ2v) is 6.97. The van der Waals surface area contributed by atoms with Gasteiger partial charge in [0.05, 0.1) is 24.6 Å². The van der Waals surface area contributed by atoms with E-state index in [1.54, 1.807) is 13.8 Å². The Balaban J connectivity index is 2.88. The molecule has 0 saturated heterocycles. The number of sulfonamides is 1. The SMILES string of the molecule is COC(=O)c1ccnc(NCC(C)(C)NS(C)(=O)=O)c1N. The standard InChI is InChI=1S/C12H20N4O4S/c1-12(2,16-21(4,18)19)7-15-10-9(13)8(5-6-14-10)11(17)20-3/h5-6,16H,7,13H2,1-4H3,(H,14,15). The van der Waals surface area contributed by atoms with Gasteiger partial charge in [0, 0.05) is 18.3 Å². The summed E-state index contributed by atoms with van der Waals surface area (Å²) in [5.74, 6) is -0.271. The van der Waals surface area contributed by atoms with Crippen molar-refractivity contribution in [1.82, 2.24) is 9.71 Å². The zero-order valence-electron chi connectivity index (χ0n) is 12.4. The average molecular weight is 316 g/mol. The molecule has 0 amide bonds. The highest BCUT2D eigenvalue weighted by molar-refractivity contribution is 7.88. The predicted molar refractivity (Wildman–Crippen MR) is 80.5 cm³/mol. The topological polar surface area (TPSA) is 123 Å². The average Bonchev–Trinajstić information content (AvgIpc) is 2.34. The molecule has 1 aromatic heterocycles. The number of nitrogen functional groups attached to an aromatic ring is 1. The van der Waals surface area contributed by atoms with Gasteiger partial charge in [0.25, 0.3) is 0 Å². The van der Waals surface area contributed by atoms with Gasteiger partial charge in [-0.2, -0.15) is 0 Å². The van der Waals surface area contributed by atoms with Crippen LogP contribution >= 0.6 is 0 Å². The van der Waals surface area contributed by atoms with Crippen LogP contribution in [-0.2, 0) is 14.8 Å². The van der Waals surface area contributed by atoms with Crippen LogP contribution in [0.2, 0.25) is 0 Å². The van der Waals surface area contributed by atoms with Gasteiger partial charge < -0.3 is 15.8 Å². The number of hydrogen-bond donors (Lipinski definition) is 3. The van der Waals surface area contributed by atoms with Crippen molar-refractivity contribution in [2.24, 2.45) is 0 Å². The van der Waals surface area contributed by atoms with Gasteiger partial charge in [-0.05, 0) is 19.9 Å². The first-order valence-corrected chi connectivity index (χ1v) is 8.00.